The van der Waals surface area contributed by atoms with Crippen LogP contribution in [0.25, 0.3) is 0 Å². The number of hydrogen-bond acceptors (Lipinski definition) is 4. The van der Waals surface area contributed by atoms with Gasteiger partial charge in [0, 0.05) is 6.20 Å². The van der Waals surface area contributed by atoms with E-state index in [1.165, 1.54) is 17.1 Å². The lowest BCUT2D eigenvalue weighted by Gasteiger charge is -2.01. The molecule has 16 heavy (non-hydrogen) atoms. The average molecular weight is 226 g/mol. The molecule has 0 aliphatic rings. The van der Waals surface area contributed by atoms with Crippen molar-refractivity contribution in [3.8, 4) is 0 Å². The van der Waals surface area contributed by atoms with E-state index in [4.69, 9.17) is 5.11 Å². The standard InChI is InChI=1S/C9H14N4O3/c1-2-10-4-8(14)12-7-3-11-13(5-7)6-9(15)16/h3,5,10H,2,4,6H2,1H3,(H,12,14)(H,15,16). The van der Waals surface area contributed by atoms with Gasteiger partial charge in [-0.05, 0) is 6.54 Å². The topological polar surface area (TPSA) is 96.3 Å². The number of rotatable bonds is 6. The SMILES string of the molecule is CCNCC(=O)Nc1cnn(CC(=O)O)c1. The summed E-state index contributed by atoms with van der Waals surface area (Å²) in [5.41, 5.74) is 0.490. The number of carbonyl (C=O) groups excluding carboxylic acids is 1. The van der Waals surface area contributed by atoms with E-state index in [-0.39, 0.29) is 19.0 Å². The third-order valence-corrected chi connectivity index (χ3v) is 1.75. The first-order chi connectivity index (χ1) is 7.61. The molecule has 0 radical (unpaired) electrons. The van der Waals surface area contributed by atoms with Gasteiger partial charge in [-0.2, -0.15) is 5.10 Å². The van der Waals surface area contributed by atoms with Crippen LogP contribution in [0.5, 0.6) is 0 Å². The quantitative estimate of drug-likeness (QED) is 0.608. The highest BCUT2D eigenvalue weighted by Gasteiger charge is 2.05. The molecule has 0 atom stereocenters. The molecule has 0 spiro atoms. The highest BCUT2D eigenvalue weighted by molar-refractivity contribution is 5.91. The number of carboxylic acid groups (broad SMARTS) is 1. The van der Waals surface area contributed by atoms with Crippen LogP contribution < -0.4 is 10.6 Å². The van der Waals surface area contributed by atoms with Crippen LogP contribution in [0.1, 0.15) is 6.92 Å². The normalized spacial score (nSPS) is 10.1. The lowest BCUT2D eigenvalue weighted by Crippen LogP contribution is -2.27. The zero-order valence-electron chi connectivity index (χ0n) is 8.93. The lowest BCUT2D eigenvalue weighted by atomic mass is 10.5. The molecule has 1 aromatic heterocycles. The molecular weight excluding hydrogens is 212 g/mol. The van der Waals surface area contributed by atoms with Gasteiger partial charge in [-0.15, -0.1) is 0 Å². The second kappa shape index (κ2) is 5.86. The summed E-state index contributed by atoms with van der Waals surface area (Å²) in [6.07, 6.45) is 2.88. The van der Waals surface area contributed by atoms with Gasteiger partial charge in [0.25, 0.3) is 0 Å². The van der Waals surface area contributed by atoms with Gasteiger partial charge in [0.1, 0.15) is 6.54 Å². The molecule has 1 heterocycles. The van der Waals surface area contributed by atoms with E-state index in [0.29, 0.717) is 12.2 Å². The van der Waals surface area contributed by atoms with Crippen molar-refractivity contribution in [1.29, 1.82) is 0 Å². The molecule has 0 bridgehead atoms. The molecule has 0 aromatic carbocycles. The van der Waals surface area contributed by atoms with E-state index in [1.54, 1.807) is 0 Å². The van der Waals surface area contributed by atoms with E-state index in [2.05, 4.69) is 15.7 Å². The largest absolute Gasteiger partial charge is 0.480 e. The van der Waals surface area contributed by atoms with Crippen LogP contribution in [0, 0.1) is 0 Å². The third kappa shape index (κ3) is 4.09. The maximum Gasteiger partial charge on any atom is 0.325 e. The number of nitrogens with zero attached hydrogens (tertiary/aromatic N) is 2. The molecule has 7 heteroatoms. The van der Waals surface area contributed by atoms with Crippen molar-refractivity contribution < 1.29 is 14.7 Å². The van der Waals surface area contributed by atoms with Gasteiger partial charge in [-0.1, -0.05) is 6.92 Å². The maximum absolute atomic E-state index is 11.3. The summed E-state index contributed by atoms with van der Waals surface area (Å²) in [5, 5.41) is 17.8. The van der Waals surface area contributed by atoms with Crippen molar-refractivity contribution >= 4 is 17.6 Å². The zero-order chi connectivity index (χ0) is 12.0. The number of amides is 1. The second-order valence-electron chi connectivity index (χ2n) is 3.15. The van der Waals surface area contributed by atoms with E-state index in [0.717, 1.165) is 0 Å². The van der Waals surface area contributed by atoms with E-state index in [1.807, 2.05) is 6.92 Å². The van der Waals surface area contributed by atoms with Gasteiger partial charge in [0.2, 0.25) is 5.91 Å². The Balaban J connectivity index is 2.45. The molecule has 1 aromatic rings. The van der Waals surface area contributed by atoms with Gasteiger partial charge >= 0.3 is 5.97 Å². The van der Waals surface area contributed by atoms with Crippen LogP contribution in [-0.2, 0) is 16.1 Å². The van der Waals surface area contributed by atoms with Crippen molar-refractivity contribution in [2.75, 3.05) is 18.4 Å². The summed E-state index contributed by atoms with van der Waals surface area (Å²) in [6.45, 7) is 2.62. The molecule has 0 saturated heterocycles. The Hall–Kier alpha value is -1.89. The van der Waals surface area contributed by atoms with Crippen molar-refractivity contribution in [3.05, 3.63) is 12.4 Å². The first kappa shape index (κ1) is 12.2. The van der Waals surface area contributed by atoms with Crippen LogP contribution in [0.4, 0.5) is 5.69 Å². The Morgan fingerprint density at radius 2 is 2.31 bits per heavy atom. The smallest absolute Gasteiger partial charge is 0.325 e. The highest BCUT2D eigenvalue weighted by Crippen LogP contribution is 2.03. The van der Waals surface area contributed by atoms with Crippen LogP contribution in [0.3, 0.4) is 0 Å². The summed E-state index contributed by atoms with van der Waals surface area (Å²) in [7, 11) is 0. The minimum Gasteiger partial charge on any atom is -0.480 e. The fraction of sp³-hybridized carbons (Fsp3) is 0.444. The molecule has 0 fully saturated rings. The molecule has 88 valence electrons. The first-order valence-electron chi connectivity index (χ1n) is 4.86. The minimum atomic E-state index is -0.978. The van der Waals surface area contributed by atoms with Crippen LogP contribution in [0.15, 0.2) is 12.4 Å². The number of likely N-dealkylation sites (N-methyl/N-ethyl adjacent to an activating group) is 1. The van der Waals surface area contributed by atoms with Gasteiger partial charge < -0.3 is 15.7 Å². The second-order valence-corrected chi connectivity index (χ2v) is 3.15. The number of hydrogen-bond donors (Lipinski definition) is 3. The fourth-order valence-electron chi connectivity index (χ4n) is 1.10. The Morgan fingerprint density at radius 1 is 1.56 bits per heavy atom. The van der Waals surface area contributed by atoms with Crippen molar-refractivity contribution in [3.63, 3.8) is 0 Å². The summed E-state index contributed by atoms with van der Waals surface area (Å²) >= 11 is 0. The van der Waals surface area contributed by atoms with E-state index in [9.17, 15) is 9.59 Å². The molecule has 0 aliphatic heterocycles. The molecule has 1 rings (SSSR count). The molecule has 3 N–H and O–H groups in total. The monoisotopic (exact) mass is 226 g/mol. The van der Waals surface area contributed by atoms with Gasteiger partial charge in [-0.25, -0.2) is 0 Å². The summed E-state index contributed by atoms with van der Waals surface area (Å²) in [4.78, 5) is 21.7. The van der Waals surface area contributed by atoms with Gasteiger partial charge in [0.15, 0.2) is 0 Å². The molecule has 0 unspecified atom stereocenters. The first-order valence-corrected chi connectivity index (χ1v) is 4.86. The van der Waals surface area contributed by atoms with Crippen LogP contribution >= 0.6 is 0 Å². The van der Waals surface area contributed by atoms with E-state index < -0.39 is 5.97 Å². The number of aromatic nitrogens is 2. The summed E-state index contributed by atoms with van der Waals surface area (Å²) in [6, 6.07) is 0. The number of carbonyl (C=O) groups is 2. The molecule has 0 saturated carbocycles. The Bertz CT molecular complexity index is 375. The predicted molar refractivity (Wildman–Crippen MR) is 57.0 cm³/mol. The number of carboxylic acids is 1. The maximum atomic E-state index is 11.3. The van der Waals surface area contributed by atoms with Crippen LogP contribution in [0.2, 0.25) is 0 Å². The van der Waals surface area contributed by atoms with E-state index >= 15 is 0 Å². The third-order valence-electron chi connectivity index (χ3n) is 1.75. The lowest BCUT2D eigenvalue weighted by molar-refractivity contribution is -0.137. The van der Waals surface area contributed by atoms with Crippen LogP contribution in [-0.4, -0.2) is 39.9 Å². The molecule has 7 nitrogen and oxygen atoms in total. The predicted octanol–water partition coefficient (Wildman–Crippen LogP) is -0.484. The van der Waals surface area contributed by atoms with Gasteiger partial charge in [0.05, 0.1) is 18.4 Å². The van der Waals surface area contributed by atoms with Crippen molar-refractivity contribution in [1.82, 2.24) is 15.1 Å². The Labute approximate surface area is 92.4 Å². The highest BCUT2D eigenvalue weighted by atomic mass is 16.4. The number of aliphatic carboxylic acids is 1. The minimum absolute atomic E-state index is 0.184. The Kier molecular flexibility index (Phi) is 4.46. The number of nitrogens with one attached hydrogen (secondary N) is 2. The van der Waals surface area contributed by atoms with Gasteiger partial charge in [-0.3, -0.25) is 14.3 Å². The molecule has 0 aliphatic carbocycles. The summed E-state index contributed by atoms with van der Waals surface area (Å²) < 4.78 is 1.24. The average Bonchev–Trinajstić information content (AvgIpc) is 2.61. The number of anilines is 1. The van der Waals surface area contributed by atoms with Crippen molar-refractivity contribution in [2.24, 2.45) is 0 Å². The Morgan fingerprint density at radius 3 is 2.94 bits per heavy atom. The van der Waals surface area contributed by atoms with Crippen molar-refractivity contribution in [2.45, 2.75) is 13.5 Å². The zero-order valence-corrected chi connectivity index (χ0v) is 8.93. The molecule has 1 amide bonds. The molecular formula is C9H14N4O3. The fourth-order valence-corrected chi connectivity index (χ4v) is 1.10. The summed E-state index contributed by atoms with van der Waals surface area (Å²) in [5.74, 6) is -1.16.